The van der Waals surface area contributed by atoms with Crippen molar-refractivity contribution in [3.8, 4) is 6.07 Å². The molecule has 6 nitrogen and oxygen atoms in total. The third-order valence-electron chi connectivity index (χ3n) is 2.97. The lowest BCUT2D eigenvalue weighted by Gasteiger charge is -2.15. The monoisotopic (exact) mass is 260 g/mol. The summed E-state index contributed by atoms with van der Waals surface area (Å²) in [6.45, 7) is 0.277. The first-order valence-corrected chi connectivity index (χ1v) is 5.73. The summed E-state index contributed by atoms with van der Waals surface area (Å²) in [4.78, 5) is 22.9. The standard InChI is InChI=1S/C13H12N2O4/c14-5-8-2-1-3-9(4-8)12(16)15-11-7-19-6-10(11)13(17)18/h1-4,10-11H,6-7H2,(H,15,16)(H,17,18). The first-order chi connectivity index (χ1) is 9.11. The van der Waals surface area contributed by atoms with Gasteiger partial charge in [0, 0.05) is 5.56 Å². The topological polar surface area (TPSA) is 99.4 Å². The Balaban J connectivity index is 2.08. The van der Waals surface area contributed by atoms with Crippen LogP contribution >= 0.6 is 0 Å². The summed E-state index contributed by atoms with van der Waals surface area (Å²) < 4.78 is 5.06. The van der Waals surface area contributed by atoms with Crippen molar-refractivity contribution >= 4 is 11.9 Å². The van der Waals surface area contributed by atoms with E-state index in [1.807, 2.05) is 6.07 Å². The van der Waals surface area contributed by atoms with Gasteiger partial charge in [0.05, 0.1) is 30.9 Å². The number of carboxylic acids is 1. The molecule has 6 heteroatoms. The van der Waals surface area contributed by atoms with Crippen LogP contribution in [0.1, 0.15) is 15.9 Å². The summed E-state index contributed by atoms with van der Waals surface area (Å²) in [5, 5.41) is 20.4. The third kappa shape index (κ3) is 2.89. The molecule has 1 aromatic carbocycles. The van der Waals surface area contributed by atoms with Gasteiger partial charge in [0.1, 0.15) is 5.92 Å². The summed E-state index contributed by atoms with van der Waals surface area (Å²) >= 11 is 0. The van der Waals surface area contributed by atoms with E-state index in [0.717, 1.165) is 0 Å². The van der Waals surface area contributed by atoms with E-state index in [4.69, 9.17) is 15.1 Å². The minimum Gasteiger partial charge on any atom is -0.481 e. The van der Waals surface area contributed by atoms with Crippen LogP contribution in [0.15, 0.2) is 24.3 Å². The molecule has 1 aliphatic rings. The molecule has 1 amide bonds. The number of benzene rings is 1. The largest absolute Gasteiger partial charge is 0.481 e. The maximum atomic E-state index is 12.0. The molecule has 2 atom stereocenters. The number of carbonyl (C=O) groups excluding carboxylic acids is 1. The predicted molar refractivity (Wildman–Crippen MR) is 64.4 cm³/mol. The van der Waals surface area contributed by atoms with Crippen LogP contribution in [0, 0.1) is 17.2 Å². The molecule has 0 radical (unpaired) electrons. The summed E-state index contributed by atoms with van der Waals surface area (Å²) in [5.41, 5.74) is 0.709. The quantitative estimate of drug-likeness (QED) is 0.818. The highest BCUT2D eigenvalue weighted by Gasteiger charge is 2.35. The zero-order chi connectivity index (χ0) is 13.8. The molecular weight excluding hydrogens is 248 g/mol. The van der Waals surface area contributed by atoms with Crippen LogP contribution in [0.2, 0.25) is 0 Å². The second-order valence-electron chi connectivity index (χ2n) is 4.25. The van der Waals surface area contributed by atoms with Gasteiger partial charge in [0.25, 0.3) is 5.91 Å². The van der Waals surface area contributed by atoms with Crippen molar-refractivity contribution in [3.63, 3.8) is 0 Å². The molecule has 1 aromatic rings. The highest BCUT2D eigenvalue weighted by Crippen LogP contribution is 2.15. The summed E-state index contributed by atoms with van der Waals surface area (Å²) in [5.74, 6) is -2.13. The van der Waals surface area contributed by atoms with Gasteiger partial charge in [-0.05, 0) is 18.2 Å². The zero-order valence-corrected chi connectivity index (χ0v) is 10.00. The number of amides is 1. The summed E-state index contributed by atoms with van der Waals surface area (Å²) in [6, 6.07) is 7.63. The molecule has 1 fully saturated rings. The fourth-order valence-electron chi connectivity index (χ4n) is 1.92. The SMILES string of the molecule is N#Cc1cccc(C(=O)NC2COCC2C(=O)O)c1. The van der Waals surface area contributed by atoms with Crippen LogP contribution in [-0.2, 0) is 9.53 Å². The second-order valence-corrected chi connectivity index (χ2v) is 4.25. The number of aliphatic carboxylic acids is 1. The van der Waals surface area contributed by atoms with Crippen LogP contribution < -0.4 is 5.32 Å². The van der Waals surface area contributed by atoms with E-state index >= 15 is 0 Å². The highest BCUT2D eigenvalue weighted by molar-refractivity contribution is 5.95. The Morgan fingerprint density at radius 3 is 2.89 bits per heavy atom. The molecule has 2 N–H and O–H groups in total. The normalized spacial score (nSPS) is 21.6. The molecular formula is C13H12N2O4. The molecule has 1 saturated heterocycles. The van der Waals surface area contributed by atoms with Crippen molar-refractivity contribution in [1.29, 1.82) is 5.26 Å². The Labute approximate surface area is 109 Å². The Morgan fingerprint density at radius 1 is 1.42 bits per heavy atom. The molecule has 2 unspecified atom stereocenters. The first kappa shape index (κ1) is 13.1. The van der Waals surface area contributed by atoms with Crippen molar-refractivity contribution in [2.75, 3.05) is 13.2 Å². The smallest absolute Gasteiger partial charge is 0.311 e. The first-order valence-electron chi connectivity index (χ1n) is 5.73. The molecule has 0 aliphatic carbocycles. The molecule has 1 aliphatic heterocycles. The summed E-state index contributed by atoms with van der Waals surface area (Å²) in [7, 11) is 0. The van der Waals surface area contributed by atoms with Crippen LogP contribution in [0.5, 0.6) is 0 Å². The van der Waals surface area contributed by atoms with E-state index in [0.29, 0.717) is 11.1 Å². The van der Waals surface area contributed by atoms with Crippen LogP contribution in [0.3, 0.4) is 0 Å². The lowest BCUT2D eigenvalue weighted by molar-refractivity contribution is -0.142. The Morgan fingerprint density at radius 2 is 2.21 bits per heavy atom. The average Bonchev–Trinajstić information content (AvgIpc) is 2.87. The number of ether oxygens (including phenoxy) is 1. The van der Waals surface area contributed by atoms with E-state index in [1.165, 1.54) is 6.07 Å². The van der Waals surface area contributed by atoms with Gasteiger partial charge in [-0.1, -0.05) is 6.07 Å². The third-order valence-corrected chi connectivity index (χ3v) is 2.97. The molecule has 2 rings (SSSR count). The molecule has 98 valence electrons. The minimum atomic E-state index is -0.992. The number of rotatable bonds is 3. The van der Waals surface area contributed by atoms with E-state index in [-0.39, 0.29) is 13.2 Å². The van der Waals surface area contributed by atoms with Crippen LogP contribution in [0.25, 0.3) is 0 Å². The second kappa shape index (κ2) is 5.50. The number of nitriles is 1. The molecule has 0 aromatic heterocycles. The van der Waals surface area contributed by atoms with E-state index in [9.17, 15) is 9.59 Å². The van der Waals surface area contributed by atoms with Crippen LogP contribution in [0.4, 0.5) is 0 Å². The Hall–Kier alpha value is -2.39. The fraction of sp³-hybridized carbons (Fsp3) is 0.308. The van der Waals surface area contributed by atoms with Gasteiger partial charge in [-0.3, -0.25) is 9.59 Å². The van der Waals surface area contributed by atoms with Gasteiger partial charge in [-0.2, -0.15) is 5.26 Å². The van der Waals surface area contributed by atoms with E-state index in [1.54, 1.807) is 18.2 Å². The van der Waals surface area contributed by atoms with E-state index in [2.05, 4.69) is 5.32 Å². The maximum Gasteiger partial charge on any atom is 0.311 e. The molecule has 1 heterocycles. The number of nitrogens with zero attached hydrogens (tertiary/aromatic N) is 1. The van der Waals surface area contributed by atoms with Gasteiger partial charge in [0.2, 0.25) is 0 Å². The average molecular weight is 260 g/mol. The van der Waals surface area contributed by atoms with Crippen molar-refractivity contribution < 1.29 is 19.4 Å². The number of carbonyl (C=O) groups is 2. The van der Waals surface area contributed by atoms with Gasteiger partial charge in [-0.25, -0.2) is 0 Å². The predicted octanol–water partition coefficient (Wildman–Crippen LogP) is 0.388. The Kier molecular flexibility index (Phi) is 3.78. The lowest BCUT2D eigenvalue weighted by atomic mass is 10.0. The van der Waals surface area contributed by atoms with Crippen molar-refractivity contribution in [3.05, 3.63) is 35.4 Å². The maximum absolute atomic E-state index is 12.0. The molecule has 19 heavy (non-hydrogen) atoms. The highest BCUT2D eigenvalue weighted by atomic mass is 16.5. The summed E-state index contributed by atoms with van der Waals surface area (Å²) in [6.07, 6.45) is 0. The van der Waals surface area contributed by atoms with Crippen LogP contribution in [-0.4, -0.2) is 36.2 Å². The number of hydrogen-bond acceptors (Lipinski definition) is 4. The Bertz CT molecular complexity index is 550. The van der Waals surface area contributed by atoms with Gasteiger partial charge >= 0.3 is 5.97 Å². The van der Waals surface area contributed by atoms with Crippen molar-refractivity contribution in [2.45, 2.75) is 6.04 Å². The van der Waals surface area contributed by atoms with Gasteiger partial charge in [-0.15, -0.1) is 0 Å². The molecule has 0 spiro atoms. The molecule has 0 bridgehead atoms. The van der Waals surface area contributed by atoms with Crippen molar-refractivity contribution in [1.82, 2.24) is 5.32 Å². The molecule has 0 saturated carbocycles. The van der Waals surface area contributed by atoms with Crippen molar-refractivity contribution in [2.24, 2.45) is 5.92 Å². The lowest BCUT2D eigenvalue weighted by Crippen LogP contribution is -2.42. The number of hydrogen-bond donors (Lipinski definition) is 2. The van der Waals surface area contributed by atoms with Gasteiger partial charge < -0.3 is 15.2 Å². The minimum absolute atomic E-state index is 0.0957. The number of carboxylic acid groups (broad SMARTS) is 1. The zero-order valence-electron chi connectivity index (χ0n) is 10.00. The van der Waals surface area contributed by atoms with E-state index < -0.39 is 23.8 Å². The fourth-order valence-corrected chi connectivity index (χ4v) is 1.92. The number of nitrogens with one attached hydrogen (secondary N) is 1. The van der Waals surface area contributed by atoms with Gasteiger partial charge in [0.15, 0.2) is 0 Å².